The molecule has 230 valence electrons. The number of rotatable bonds is 0. The van der Waals surface area contributed by atoms with Crippen molar-refractivity contribution in [3.8, 4) is 11.5 Å². The molecule has 2 aliphatic carbocycles. The summed E-state index contributed by atoms with van der Waals surface area (Å²) in [5.74, 6) is 0.829. The van der Waals surface area contributed by atoms with Crippen molar-refractivity contribution in [3.05, 3.63) is 131 Å². The van der Waals surface area contributed by atoms with Gasteiger partial charge in [-0.2, -0.15) is 45.5 Å². The number of fused-ring (bicyclic) bond motifs is 2. The summed E-state index contributed by atoms with van der Waals surface area (Å²) in [5.41, 5.74) is 13.1. The van der Waals surface area contributed by atoms with E-state index in [1.54, 1.807) is 45.6 Å². The Kier molecular flexibility index (Phi) is 19.6. The van der Waals surface area contributed by atoms with Crippen LogP contribution >= 0.6 is 0 Å². The number of aromatic hydroxyl groups is 2. The summed E-state index contributed by atoms with van der Waals surface area (Å²) in [6.45, 7) is 13.9. The van der Waals surface area contributed by atoms with Crippen LogP contribution in [0.2, 0.25) is 0 Å². The van der Waals surface area contributed by atoms with Gasteiger partial charge in [0.05, 0.1) is 0 Å². The van der Waals surface area contributed by atoms with E-state index in [2.05, 4.69) is 38.1 Å². The molecule has 6 rings (SSSR count). The molecule has 2 aliphatic rings. The molecule has 0 radical (unpaired) electrons. The zero-order valence-electron chi connectivity index (χ0n) is 27.5. The standard InChI is InChI=1S/2C10H13.2C8H10O.2CH3.H2Si.Zr/c2*1-8-6-9-4-2-3-5-10(9)7-8;2*1-6-4-3-5-7(2)8(6)9;;;;/h2*6-7H,2-5H2,1H3;2*3-5,9H,1-2H3;2*1H3;1H2;/q2*-1;;;2*-1;;. The second-order valence-corrected chi connectivity index (χ2v) is 11.1. The summed E-state index contributed by atoms with van der Waals surface area (Å²) in [7, 11) is 0. The molecule has 4 aromatic rings. The molecule has 0 atom stereocenters. The summed E-state index contributed by atoms with van der Waals surface area (Å²) in [5, 5.41) is 18.4. The van der Waals surface area contributed by atoms with Crippen LogP contribution in [0.1, 0.15) is 81.3 Å². The van der Waals surface area contributed by atoms with Gasteiger partial charge in [-0.25, -0.2) is 12.1 Å². The molecule has 0 heterocycles. The van der Waals surface area contributed by atoms with E-state index in [4.69, 9.17) is 0 Å². The van der Waals surface area contributed by atoms with Crippen LogP contribution in [0.4, 0.5) is 0 Å². The van der Waals surface area contributed by atoms with Crippen molar-refractivity contribution in [3.63, 3.8) is 0 Å². The molecular formula is C38H54O2SiZr-4. The van der Waals surface area contributed by atoms with Crippen LogP contribution in [-0.2, 0) is 49.0 Å². The van der Waals surface area contributed by atoms with Crippen molar-refractivity contribution in [2.75, 3.05) is 0 Å². The van der Waals surface area contributed by atoms with E-state index in [0.717, 1.165) is 22.3 Å². The molecule has 4 heteroatoms. The van der Waals surface area contributed by atoms with Crippen LogP contribution in [0.15, 0.2) is 60.7 Å². The molecule has 0 fully saturated rings. The van der Waals surface area contributed by atoms with Crippen molar-refractivity contribution in [2.24, 2.45) is 0 Å². The van der Waals surface area contributed by atoms with E-state index in [1.165, 1.54) is 62.5 Å². The fraction of sp³-hybridized carbons (Fsp3) is 0.368. The first-order valence-corrected chi connectivity index (χ1v) is 20.4. The topological polar surface area (TPSA) is 40.5 Å². The average molecular weight is 662 g/mol. The maximum absolute atomic E-state index is 9.21. The van der Waals surface area contributed by atoms with Crippen LogP contribution in [0.3, 0.4) is 0 Å². The van der Waals surface area contributed by atoms with Gasteiger partial charge in [-0.1, -0.05) is 102 Å². The fourth-order valence-electron chi connectivity index (χ4n) is 5.36. The molecular weight excluding hydrogens is 608 g/mol. The van der Waals surface area contributed by atoms with Gasteiger partial charge in [0.15, 0.2) is 0 Å². The molecule has 0 unspecified atom stereocenters. The number of phenolic OH excluding ortho intramolecular Hbond substituents is 2. The predicted octanol–water partition coefficient (Wildman–Crippen LogP) is 9.19. The van der Waals surface area contributed by atoms with Crippen molar-refractivity contribution in [2.45, 2.75) is 92.9 Å². The SMILES string of the molecule is Cc1cc2c([cH-]1)CCCC2.Cc1cc2c([cH-]1)CCCC2.Cc1cccc(C)c1O.Cc1cccc(C)c1O.[CH3-].[CH3-].[SiH2]=[Zr]. The number of phenols is 2. The van der Waals surface area contributed by atoms with E-state index in [9.17, 15) is 10.2 Å². The van der Waals surface area contributed by atoms with E-state index in [-0.39, 0.29) is 14.9 Å². The molecule has 0 aromatic heterocycles. The molecule has 0 aliphatic heterocycles. The Balaban J connectivity index is 0.000000516. The summed E-state index contributed by atoms with van der Waals surface area (Å²) in [4.78, 5) is 0. The number of benzene rings is 2. The zero-order valence-corrected chi connectivity index (χ0v) is 31.4. The molecule has 0 saturated heterocycles. The minimum atomic E-state index is 0. The predicted molar refractivity (Wildman–Crippen MR) is 183 cm³/mol. The number of aryl methyl sites for hydroxylation is 10. The first kappa shape index (κ1) is 39.8. The van der Waals surface area contributed by atoms with Crippen molar-refractivity contribution in [1.82, 2.24) is 0 Å². The molecule has 0 bridgehead atoms. The van der Waals surface area contributed by atoms with Crippen molar-refractivity contribution < 1.29 is 33.5 Å². The van der Waals surface area contributed by atoms with Crippen LogP contribution in [0.25, 0.3) is 0 Å². The van der Waals surface area contributed by atoms with E-state index in [1.807, 2.05) is 71.0 Å². The van der Waals surface area contributed by atoms with Gasteiger partial charge in [0, 0.05) is 0 Å². The number of hydrogen-bond donors (Lipinski definition) is 2. The van der Waals surface area contributed by atoms with Gasteiger partial charge in [-0.3, -0.25) is 0 Å². The number of hydrogen-bond acceptors (Lipinski definition) is 2. The zero-order chi connectivity index (χ0) is 29.7. The third-order valence-corrected chi connectivity index (χ3v) is 7.60. The van der Waals surface area contributed by atoms with Crippen molar-refractivity contribution >= 4 is 6.88 Å². The van der Waals surface area contributed by atoms with E-state index < -0.39 is 0 Å². The Morgan fingerprint density at radius 3 is 1.10 bits per heavy atom. The Morgan fingerprint density at radius 2 is 0.833 bits per heavy atom. The van der Waals surface area contributed by atoms with E-state index >= 15 is 0 Å². The maximum atomic E-state index is 9.21. The molecule has 0 saturated carbocycles. The molecule has 2 nitrogen and oxygen atoms in total. The van der Waals surface area contributed by atoms with Crippen LogP contribution in [0.5, 0.6) is 11.5 Å². The fourth-order valence-corrected chi connectivity index (χ4v) is 5.36. The minimum absolute atomic E-state index is 0. The van der Waals surface area contributed by atoms with Crippen LogP contribution in [-0.4, -0.2) is 17.1 Å². The summed E-state index contributed by atoms with van der Waals surface area (Å²) < 4.78 is 0. The molecule has 42 heavy (non-hydrogen) atoms. The Labute approximate surface area is 274 Å². The van der Waals surface area contributed by atoms with Gasteiger partial charge in [0.2, 0.25) is 0 Å². The Hall–Kier alpha value is -2.16. The quantitative estimate of drug-likeness (QED) is 0.146. The van der Waals surface area contributed by atoms with Gasteiger partial charge < -0.3 is 25.1 Å². The second kappa shape index (κ2) is 20.7. The monoisotopic (exact) mass is 660 g/mol. The normalized spacial score (nSPS) is 12.2. The third-order valence-electron chi connectivity index (χ3n) is 7.60. The summed E-state index contributed by atoms with van der Waals surface area (Å²) in [6.07, 6.45) is 10.9. The number of para-hydroxylation sites is 2. The Morgan fingerprint density at radius 1 is 0.548 bits per heavy atom. The Bertz CT molecular complexity index is 1140. The molecule has 2 N–H and O–H groups in total. The van der Waals surface area contributed by atoms with Gasteiger partial charge in [-0.15, -0.1) is 0 Å². The van der Waals surface area contributed by atoms with Gasteiger partial charge >= 0.3 is 30.2 Å². The van der Waals surface area contributed by atoms with Crippen LogP contribution in [0, 0.1) is 56.4 Å². The first-order valence-electron chi connectivity index (χ1n) is 14.5. The van der Waals surface area contributed by atoms with Crippen LogP contribution < -0.4 is 0 Å². The van der Waals surface area contributed by atoms with Gasteiger partial charge in [-0.05, 0) is 49.9 Å². The third kappa shape index (κ3) is 12.6. The first-order chi connectivity index (χ1) is 19.2. The summed E-state index contributed by atoms with van der Waals surface area (Å²) in [6, 6.07) is 20.8. The molecule has 0 spiro atoms. The second-order valence-electron chi connectivity index (χ2n) is 11.1. The van der Waals surface area contributed by atoms with E-state index in [0.29, 0.717) is 11.5 Å². The van der Waals surface area contributed by atoms with Gasteiger partial charge in [0.1, 0.15) is 11.5 Å². The van der Waals surface area contributed by atoms with Crippen molar-refractivity contribution in [1.29, 1.82) is 0 Å². The summed E-state index contributed by atoms with van der Waals surface area (Å²) >= 11 is 1.58. The molecule has 0 amide bonds. The average Bonchev–Trinajstić information content (AvgIpc) is 3.53. The van der Waals surface area contributed by atoms with Gasteiger partial charge in [0.25, 0.3) is 0 Å². The molecule has 4 aromatic carbocycles.